The highest BCUT2D eigenvalue weighted by atomic mass is 16.5. The van der Waals surface area contributed by atoms with Gasteiger partial charge >= 0.3 is 0 Å². The summed E-state index contributed by atoms with van der Waals surface area (Å²) in [6.07, 6.45) is -0.172. The Labute approximate surface area is 119 Å². The van der Waals surface area contributed by atoms with Crippen molar-refractivity contribution >= 4 is 5.91 Å². The van der Waals surface area contributed by atoms with Gasteiger partial charge in [-0.05, 0) is 0 Å². The third-order valence-corrected chi connectivity index (χ3v) is 2.86. The number of nitrogens with zero attached hydrogens (tertiary/aromatic N) is 1. The van der Waals surface area contributed by atoms with Gasteiger partial charge in [0.25, 0.3) is 11.1 Å². The monoisotopic (exact) mass is 292 g/mol. The molecular weight excluding hydrogens is 276 g/mol. The molecule has 1 amide bonds. The largest absolute Gasteiger partial charge is 0.361 e. The number of amides is 1. The Kier molecular flexibility index (Phi) is 4.36. The van der Waals surface area contributed by atoms with Crippen molar-refractivity contribution in [3.8, 4) is 0 Å². The second-order valence-electron chi connectivity index (χ2n) is 4.94. The van der Waals surface area contributed by atoms with Gasteiger partial charge in [-0.3, -0.25) is 24.6 Å². The van der Waals surface area contributed by atoms with E-state index in [0.29, 0.717) is 5.69 Å². The average molecular weight is 292 g/mol. The summed E-state index contributed by atoms with van der Waals surface area (Å²) in [5.74, 6) is 0.585. The van der Waals surface area contributed by atoms with Crippen LogP contribution in [-0.4, -0.2) is 21.3 Å². The molecule has 2 rings (SSSR count). The molecule has 0 fully saturated rings. The SMILES string of the molecule is CC(C)c1cc(CNC(=O)Cc2cc(=O)[nH][nH]c2=O)no1. The van der Waals surface area contributed by atoms with Crippen LogP contribution >= 0.6 is 0 Å². The van der Waals surface area contributed by atoms with Crippen molar-refractivity contribution in [3.63, 3.8) is 0 Å². The average Bonchev–Trinajstić information content (AvgIpc) is 2.90. The number of H-pyrrole nitrogens is 2. The van der Waals surface area contributed by atoms with Gasteiger partial charge in [0.15, 0.2) is 0 Å². The lowest BCUT2D eigenvalue weighted by atomic mass is 10.1. The van der Waals surface area contributed by atoms with Crippen LogP contribution in [0.3, 0.4) is 0 Å². The van der Waals surface area contributed by atoms with Gasteiger partial charge in [0.2, 0.25) is 5.91 Å². The van der Waals surface area contributed by atoms with Crippen molar-refractivity contribution in [3.05, 3.63) is 49.9 Å². The molecule has 0 radical (unpaired) electrons. The van der Waals surface area contributed by atoms with E-state index < -0.39 is 11.1 Å². The summed E-state index contributed by atoms with van der Waals surface area (Å²) in [5, 5.41) is 10.8. The van der Waals surface area contributed by atoms with E-state index in [-0.39, 0.29) is 30.4 Å². The van der Waals surface area contributed by atoms with Crippen molar-refractivity contribution in [1.29, 1.82) is 0 Å². The van der Waals surface area contributed by atoms with Gasteiger partial charge in [0.1, 0.15) is 11.5 Å². The minimum Gasteiger partial charge on any atom is -0.361 e. The van der Waals surface area contributed by atoms with Crippen LogP contribution in [0.2, 0.25) is 0 Å². The first-order valence-electron chi connectivity index (χ1n) is 6.48. The summed E-state index contributed by atoms with van der Waals surface area (Å²) >= 11 is 0. The Balaban J connectivity index is 1.94. The highest BCUT2D eigenvalue weighted by Gasteiger charge is 2.11. The highest BCUT2D eigenvalue weighted by molar-refractivity contribution is 5.78. The number of hydrogen-bond acceptors (Lipinski definition) is 5. The Morgan fingerprint density at radius 3 is 2.76 bits per heavy atom. The molecular formula is C13H16N4O4. The molecule has 0 aromatic carbocycles. The molecule has 8 nitrogen and oxygen atoms in total. The fraction of sp³-hybridized carbons (Fsp3) is 0.385. The van der Waals surface area contributed by atoms with Crippen molar-refractivity contribution in [2.45, 2.75) is 32.7 Å². The minimum absolute atomic E-state index is 0.110. The topological polar surface area (TPSA) is 121 Å². The van der Waals surface area contributed by atoms with Crippen LogP contribution in [0.5, 0.6) is 0 Å². The van der Waals surface area contributed by atoms with Gasteiger partial charge in [-0.1, -0.05) is 19.0 Å². The number of nitrogens with one attached hydrogen (secondary N) is 3. The summed E-state index contributed by atoms with van der Waals surface area (Å²) in [6, 6.07) is 2.87. The van der Waals surface area contributed by atoms with Gasteiger partial charge < -0.3 is 9.84 Å². The van der Waals surface area contributed by atoms with Crippen LogP contribution in [0.25, 0.3) is 0 Å². The first-order valence-corrected chi connectivity index (χ1v) is 6.48. The number of rotatable bonds is 5. The van der Waals surface area contributed by atoms with Gasteiger partial charge in [0, 0.05) is 23.6 Å². The standard InChI is InChI=1S/C13H16N4O4/c1-7(2)10-5-9(17-21-10)6-14-11(18)3-8-4-12(19)15-16-13(8)20/h4-5,7H,3,6H2,1-2H3,(H,14,18)(H,15,19)(H,16,20). The Hall–Kier alpha value is -2.64. The molecule has 0 saturated carbocycles. The molecule has 0 spiro atoms. The molecule has 0 aliphatic heterocycles. The second-order valence-corrected chi connectivity index (χ2v) is 4.94. The maximum Gasteiger partial charge on any atom is 0.266 e. The van der Waals surface area contributed by atoms with E-state index in [4.69, 9.17) is 4.52 Å². The molecule has 3 N–H and O–H groups in total. The minimum atomic E-state index is -0.492. The number of carbonyl (C=O) groups is 1. The predicted molar refractivity (Wildman–Crippen MR) is 73.8 cm³/mol. The molecule has 0 bridgehead atoms. The molecule has 21 heavy (non-hydrogen) atoms. The van der Waals surface area contributed by atoms with Crippen molar-refractivity contribution in [1.82, 2.24) is 20.7 Å². The third-order valence-electron chi connectivity index (χ3n) is 2.86. The van der Waals surface area contributed by atoms with Gasteiger partial charge in [0.05, 0.1) is 13.0 Å². The Morgan fingerprint density at radius 2 is 2.10 bits per heavy atom. The highest BCUT2D eigenvalue weighted by Crippen LogP contribution is 2.14. The van der Waals surface area contributed by atoms with E-state index >= 15 is 0 Å². The normalized spacial score (nSPS) is 10.8. The molecule has 0 atom stereocenters. The first kappa shape index (κ1) is 14.8. The molecule has 112 valence electrons. The van der Waals surface area contributed by atoms with E-state index in [9.17, 15) is 14.4 Å². The zero-order valence-electron chi connectivity index (χ0n) is 11.7. The fourth-order valence-electron chi connectivity index (χ4n) is 1.70. The quantitative estimate of drug-likeness (QED) is 0.718. The van der Waals surface area contributed by atoms with Crippen LogP contribution in [0, 0.1) is 0 Å². The summed E-state index contributed by atoms with van der Waals surface area (Å²) in [4.78, 5) is 34.3. The summed E-state index contributed by atoms with van der Waals surface area (Å²) in [7, 11) is 0. The van der Waals surface area contributed by atoms with Crippen LogP contribution in [0.4, 0.5) is 0 Å². The summed E-state index contributed by atoms with van der Waals surface area (Å²) < 4.78 is 5.11. The lowest BCUT2D eigenvalue weighted by Crippen LogP contribution is -2.29. The lowest BCUT2D eigenvalue weighted by Gasteiger charge is -2.02. The molecule has 0 saturated heterocycles. The van der Waals surface area contributed by atoms with Crippen molar-refractivity contribution in [2.75, 3.05) is 0 Å². The zero-order chi connectivity index (χ0) is 15.4. The van der Waals surface area contributed by atoms with Gasteiger partial charge in [-0.15, -0.1) is 0 Å². The number of aromatic amines is 2. The van der Waals surface area contributed by atoms with Crippen LogP contribution in [-0.2, 0) is 17.8 Å². The van der Waals surface area contributed by atoms with Crippen molar-refractivity contribution < 1.29 is 9.32 Å². The number of carbonyl (C=O) groups excluding carboxylic acids is 1. The molecule has 2 aromatic heterocycles. The molecule has 0 aliphatic carbocycles. The molecule has 0 unspecified atom stereocenters. The molecule has 2 aromatic rings. The maximum absolute atomic E-state index is 11.8. The van der Waals surface area contributed by atoms with Gasteiger partial charge in [-0.2, -0.15) is 0 Å². The van der Waals surface area contributed by atoms with E-state index in [1.165, 1.54) is 0 Å². The van der Waals surface area contributed by atoms with Crippen LogP contribution in [0.15, 0.2) is 26.2 Å². The van der Waals surface area contributed by atoms with Crippen LogP contribution < -0.4 is 16.4 Å². The molecule has 2 heterocycles. The lowest BCUT2D eigenvalue weighted by molar-refractivity contribution is -0.120. The van der Waals surface area contributed by atoms with E-state index in [1.807, 2.05) is 13.8 Å². The van der Waals surface area contributed by atoms with E-state index in [2.05, 4.69) is 20.7 Å². The third kappa shape index (κ3) is 3.91. The second kappa shape index (κ2) is 6.21. The smallest absolute Gasteiger partial charge is 0.266 e. The summed E-state index contributed by atoms with van der Waals surface area (Å²) in [6.45, 7) is 4.15. The Morgan fingerprint density at radius 1 is 1.33 bits per heavy atom. The van der Waals surface area contributed by atoms with Crippen molar-refractivity contribution in [2.24, 2.45) is 0 Å². The molecule has 8 heteroatoms. The maximum atomic E-state index is 11.8. The summed E-state index contributed by atoms with van der Waals surface area (Å²) in [5.41, 5.74) is -0.241. The van der Waals surface area contributed by atoms with E-state index in [0.717, 1.165) is 11.8 Å². The van der Waals surface area contributed by atoms with Gasteiger partial charge in [-0.25, -0.2) is 0 Å². The predicted octanol–water partition coefficient (Wildman–Crippen LogP) is 0.0335. The number of hydrogen-bond donors (Lipinski definition) is 3. The number of aromatic nitrogens is 3. The first-order chi connectivity index (χ1) is 9.95. The van der Waals surface area contributed by atoms with Crippen LogP contribution in [0.1, 0.15) is 36.8 Å². The molecule has 0 aliphatic rings. The fourth-order valence-corrected chi connectivity index (χ4v) is 1.70. The zero-order valence-corrected chi connectivity index (χ0v) is 11.7. The Bertz CT molecular complexity index is 741. The van der Waals surface area contributed by atoms with E-state index in [1.54, 1.807) is 6.07 Å².